The van der Waals surface area contributed by atoms with Crippen LogP contribution < -0.4 is 5.32 Å². The number of rotatable bonds is 8. The van der Waals surface area contributed by atoms with Crippen LogP contribution in [0.1, 0.15) is 23.0 Å². The first-order chi connectivity index (χ1) is 11.6. The predicted molar refractivity (Wildman–Crippen MR) is 98.1 cm³/mol. The molecule has 0 atom stereocenters. The van der Waals surface area contributed by atoms with Gasteiger partial charge in [-0.3, -0.25) is 9.78 Å². The molecule has 0 radical (unpaired) electrons. The van der Waals surface area contributed by atoms with Crippen molar-refractivity contribution < 1.29 is 4.79 Å². The van der Waals surface area contributed by atoms with Crippen LogP contribution in [-0.4, -0.2) is 54.4 Å². The third-order valence-electron chi connectivity index (χ3n) is 3.75. The molecule has 5 nitrogen and oxygen atoms in total. The van der Waals surface area contributed by atoms with Crippen LogP contribution in [0.2, 0.25) is 0 Å². The summed E-state index contributed by atoms with van der Waals surface area (Å²) in [7, 11) is 4.07. The molecule has 1 amide bonds. The molecular weight excluding hydrogens is 300 g/mol. The van der Waals surface area contributed by atoms with E-state index in [-0.39, 0.29) is 5.91 Å². The van der Waals surface area contributed by atoms with Gasteiger partial charge in [0.15, 0.2) is 0 Å². The smallest absolute Gasteiger partial charge is 0.272 e. The van der Waals surface area contributed by atoms with E-state index < -0.39 is 0 Å². The molecule has 1 aromatic carbocycles. The Labute approximate surface area is 144 Å². The van der Waals surface area contributed by atoms with E-state index >= 15 is 0 Å². The second-order valence-electron chi connectivity index (χ2n) is 5.96. The molecule has 0 saturated carbocycles. The first kappa shape index (κ1) is 17.9. The monoisotopic (exact) mass is 326 g/mol. The van der Waals surface area contributed by atoms with E-state index in [1.165, 1.54) is 0 Å². The average Bonchev–Trinajstić information content (AvgIpc) is 2.60. The van der Waals surface area contributed by atoms with Crippen molar-refractivity contribution in [2.24, 2.45) is 0 Å². The zero-order valence-electron chi connectivity index (χ0n) is 14.7. The van der Waals surface area contributed by atoms with Crippen molar-refractivity contribution in [3.8, 4) is 0 Å². The summed E-state index contributed by atoms with van der Waals surface area (Å²) in [4.78, 5) is 20.9. The Bertz CT molecular complexity index is 643. The molecule has 0 aliphatic carbocycles. The standard InChI is InChI=1S/C19H26N4O/c1-4-23(15-16-8-6-5-7-9-16)19(24)18-14-17(10-11-21-18)20-12-13-22(2)3/h5-11,14H,4,12-13,15H2,1-3H3,(H,20,21). The number of nitrogens with one attached hydrogen (secondary N) is 1. The van der Waals surface area contributed by atoms with Gasteiger partial charge in [-0.05, 0) is 38.7 Å². The fourth-order valence-electron chi connectivity index (χ4n) is 2.37. The predicted octanol–water partition coefficient (Wildman–Crippen LogP) is 2.72. The Kier molecular flexibility index (Phi) is 6.75. The normalized spacial score (nSPS) is 10.7. The van der Waals surface area contributed by atoms with Crippen LogP contribution in [0.3, 0.4) is 0 Å². The van der Waals surface area contributed by atoms with Crippen LogP contribution in [0, 0.1) is 0 Å². The minimum Gasteiger partial charge on any atom is -0.384 e. The molecule has 0 fully saturated rings. The molecule has 24 heavy (non-hydrogen) atoms. The molecular formula is C19H26N4O. The lowest BCUT2D eigenvalue weighted by atomic mass is 10.2. The topological polar surface area (TPSA) is 48.5 Å². The van der Waals surface area contributed by atoms with Crippen molar-refractivity contribution in [1.82, 2.24) is 14.8 Å². The summed E-state index contributed by atoms with van der Waals surface area (Å²) in [5.74, 6) is -0.0439. The van der Waals surface area contributed by atoms with E-state index in [9.17, 15) is 4.79 Å². The molecule has 2 rings (SSSR count). The zero-order valence-corrected chi connectivity index (χ0v) is 14.7. The second kappa shape index (κ2) is 9.03. The van der Waals surface area contributed by atoms with Gasteiger partial charge in [0.05, 0.1) is 0 Å². The highest BCUT2D eigenvalue weighted by molar-refractivity contribution is 5.93. The van der Waals surface area contributed by atoms with Crippen molar-refractivity contribution in [3.63, 3.8) is 0 Å². The SMILES string of the molecule is CCN(Cc1ccccc1)C(=O)c1cc(NCCN(C)C)ccn1. The number of pyridine rings is 1. The maximum atomic E-state index is 12.7. The van der Waals surface area contributed by atoms with Crippen LogP contribution in [0.4, 0.5) is 5.69 Å². The molecule has 128 valence electrons. The Hall–Kier alpha value is -2.40. The van der Waals surface area contributed by atoms with Gasteiger partial charge in [-0.25, -0.2) is 0 Å². The van der Waals surface area contributed by atoms with Crippen LogP contribution in [0.25, 0.3) is 0 Å². The van der Waals surface area contributed by atoms with Crippen molar-refractivity contribution in [3.05, 3.63) is 59.9 Å². The fourth-order valence-corrected chi connectivity index (χ4v) is 2.37. The summed E-state index contributed by atoms with van der Waals surface area (Å²) >= 11 is 0. The summed E-state index contributed by atoms with van der Waals surface area (Å²) in [6, 6.07) is 13.7. The highest BCUT2D eigenvalue weighted by Gasteiger charge is 2.16. The van der Waals surface area contributed by atoms with Gasteiger partial charge in [0.2, 0.25) is 0 Å². The molecule has 0 spiro atoms. The molecule has 1 N–H and O–H groups in total. The lowest BCUT2D eigenvalue weighted by Crippen LogP contribution is -2.31. The van der Waals surface area contributed by atoms with E-state index in [2.05, 4.69) is 15.2 Å². The maximum absolute atomic E-state index is 12.7. The number of nitrogens with zero attached hydrogens (tertiary/aromatic N) is 3. The summed E-state index contributed by atoms with van der Waals surface area (Å²) in [5.41, 5.74) is 2.52. The maximum Gasteiger partial charge on any atom is 0.272 e. The lowest BCUT2D eigenvalue weighted by molar-refractivity contribution is 0.0746. The Balaban J connectivity index is 2.04. The second-order valence-corrected chi connectivity index (χ2v) is 5.96. The molecule has 1 heterocycles. The van der Waals surface area contributed by atoms with Crippen molar-refractivity contribution in [2.75, 3.05) is 39.0 Å². The Morgan fingerprint density at radius 3 is 2.58 bits per heavy atom. The first-order valence-corrected chi connectivity index (χ1v) is 8.28. The third kappa shape index (κ3) is 5.35. The number of likely N-dealkylation sites (N-methyl/N-ethyl adjacent to an activating group) is 1. The number of hydrogen-bond acceptors (Lipinski definition) is 4. The van der Waals surface area contributed by atoms with E-state index in [4.69, 9.17) is 0 Å². The van der Waals surface area contributed by atoms with Gasteiger partial charge in [-0.1, -0.05) is 30.3 Å². The van der Waals surface area contributed by atoms with E-state index in [1.54, 1.807) is 11.1 Å². The number of carbonyl (C=O) groups excluding carboxylic acids is 1. The minimum absolute atomic E-state index is 0.0439. The Morgan fingerprint density at radius 2 is 1.92 bits per heavy atom. The number of benzene rings is 1. The summed E-state index contributed by atoms with van der Waals surface area (Å²) in [6.45, 7) is 4.98. The quantitative estimate of drug-likeness (QED) is 0.810. The summed E-state index contributed by atoms with van der Waals surface area (Å²) in [6.07, 6.45) is 1.68. The third-order valence-corrected chi connectivity index (χ3v) is 3.75. The molecule has 0 bridgehead atoms. The van der Waals surface area contributed by atoms with Gasteiger partial charge >= 0.3 is 0 Å². The molecule has 0 unspecified atom stereocenters. The highest BCUT2D eigenvalue weighted by atomic mass is 16.2. The number of carbonyl (C=O) groups is 1. The summed E-state index contributed by atoms with van der Waals surface area (Å²) < 4.78 is 0. The van der Waals surface area contributed by atoms with Crippen LogP contribution >= 0.6 is 0 Å². The minimum atomic E-state index is -0.0439. The van der Waals surface area contributed by atoms with Gasteiger partial charge in [-0.15, -0.1) is 0 Å². The van der Waals surface area contributed by atoms with Gasteiger partial charge in [0, 0.05) is 38.1 Å². The van der Waals surface area contributed by atoms with E-state index in [0.717, 1.165) is 24.3 Å². The van der Waals surface area contributed by atoms with E-state index in [1.807, 2.05) is 63.5 Å². The van der Waals surface area contributed by atoms with Crippen molar-refractivity contribution >= 4 is 11.6 Å². The summed E-state index contributed by atoms with van der Waals surface area (Å²) in [5, 5.41) is 3.33. The average molecular weight is 326 g/mol. The van der Waals surface area contributed by atoms with Gasteiger partial charge in [0.1, 0.15) is 5.69 Å². The molecule has 2 aromatic rings. The van der Waals surface area contributed by atoms with Crippen LogP contribution in [0.5, 0.6) is 0 Å². The van der Waals surface area contributed by atoms with E-state index in [0.29, 0.717) is 18.8 Å². The van der Waals surface area contributed by atoms with Crippen LogP contribution in [-0.2, 0) is 6.54 Å². The molecule has 5 heteroatoms. The van der Waals surface area contributed by atoms with Gasteiger partial charge < -0.3 is 15.1 Å². The van der Waals surface area contributed by atoms with Gasteiger partial charge in [-0.2, -0.15) is 0 Å². The molecule has 0 saturated heterocycles. The first-order valence-electron chi connectivity index (χ1n) is 8.28. The van der Waals surface area contributed by atoms with Crippen molar-refractivity contribution in [2.45, 2.75) is 13.5 Å². The highest BCUT2D eigenvalue weighted by Crippen LogP contribution is 2.12. The number of amides is 1. The number of hydrogen-bond donors (Lipinski definition) is 1. The molecule has 0 aliphatic rings. The molecule has 0 aliphatic heterocycles. The number of aromatic nitrogens is 1. The largest absolute Gasteiger partial charge is 0.384 e. The Morgan fingerprint density at radius 1 is 1.17 bits per heavy atom. The van der Waals surface area contributed by atoms with Crippen molar-refractivity contribution in [1.29, 1.82) is 0 Å². The van der Waals surface area contributed by atoms with Gasteiger partial charge in [0.25, 0.3) is 5.91 Å². The lowest BCUT2D eigenvalue weighted by Gasteiger charge is -2.21. The number of anilines is 1. The fraction of sp³-hybridized carbons (Fsp3) is 0.368. The zero-order chi connectivity index (χ0) is 17.4. The van der Waals surface area contributed by atoms with Crippen LogP contribution in [0.15, 0.2) is 48.7 Å². The molecule has 1 aromatic heterocycles.